The molecule has 0 saturated carbocycles. The van der Waals surface area contributed by atoms with Crippen molar-refractivity contribution < 1.29 is 12.6 Å². The summed E-state index contributed by atoms with van der Waals surface area (Å²) in [6.45, 7) is 4.37. The van der Waals surface area contributed by atoms with Crippen molar-refractivity contribution >= 4 is 39.7 Å². The molecule has 1 radical (unpaired) electrons. The van der Waals surface area contributed by atoms with Gasteiger partial charge in [-0.1, -0.05) is 103 Å². The van der Waals surface area contributed by atoms with E-state index >= 15 is 0 Å². The molecule has 0 N–H and O–H groups in total. The zero-order chi connectivity index (χ0) is 19.1. The van der Waals surface area contributed by atoms with Gasteiger partial charge in [0.25, 0.3) is 10.1 Å². The molecule has 1 aromatic carbocycles. The first-order chi connectivity index (χ1) is 12.6. The van der Waals surface area contributed by atoms with E-state index in [0.717, 1.165) is 32.1 Å². The van der Waals surface area contributed by atoms with Gasteiger partial charge in [0.1, 0.15) is 0 Å². The Balaban J connectivity index is 0.00000676. The fourth-order valence-corrected chi connectivity index (χ4v) is 4.33. The summed E-state index contributed by atoms with van der Waals surface area (Å²) in [5.74, 6) is 0. The zero-order valence-corrected chi connectivity index (χ0v) is 20.6. The smallest absolute Gasteiger partial charge is 0.263 e. The Labute approximate surface area is 190 Å². The van der Waals surface area contributed by atoms with Gasteiger partial charge in [-0.15, -0.1) is 0 Å². The second kappa shape index (κ2) is 17.0. The fraction of sp³-hybridized carbons (Fsp3) is 0.727. The fourth-order valence-electron chi connectivity index (χ4n) is 3.18. The number of rotatable bonds is 16. The van der Waals surface area contributed by atoms with Gasteiger partial charge in [-0.25, -0.2) is 0 Å². The zero-order valence-electron chi connectivity index (χ0n) is 17.8. The van der Waals surface area contributed by atoms with E-state index in [-0.39, 0.29) is 40.6 Å². The van der Waals surface area contributed by atoms with Crippen LogP contribution in [0, 0.1) is 0 Å². The van der Waals surface area contributed by atoms with Crippen LogP contribution in [0.1, 0.15) is 97.3 Å². The SMILES string of the molecule is CCCCCCCCCCCC(CCCC)OS(=O)(=O)c1ccccc1.[Na]. The van der Waals surface area contributed by atoms with Gasteiger partial charge in [0.2, 0.25) is 0 Å². The predicted octanol–water partition coefficient (Wildman–Crippen LogP) is 6.49. The molecule has 0 aromatic heterocycles. The molecule has 0 aliphatic rings. The molecule has 0 spiro atoms. The van der Waals surface area contributed by atoms with Gasteiger partial charge < -0.3 is 0 Å². The third-order valence-corrected chi connectivity index (χ3v) is 6.18. The van der Waals surface area contributed by atoms with Crippen LogP contribution in [0.15, 0.2) is 35.2 Å². The van der Waals surface area contributed by atoms with Crippen LogP contribution < -0.4 is 0 Å². The van der Waals surface area contributed by atoms with E-state index in [1.54, 1.807) is 24.3 Å². The van der Waals surface area contributed by atoms with Crippen molar-refractivity contribution in [2.75, 3.05) is 0 Å². The second-order valence-corrected chi connectivity index (χ2v) is 8.82. The van der Waals surface area contributed by atoms with Crippen LogP contribution in [0.4, 0.5) is 0 Å². The first-order valence-electron chi connectivity index (χ1n) is 10.6. The molecule has 0 aliphatic heterocycles. The molecule has 3 nitrogen and oxygen atoms in total. The Kier molecular flexibility index (Phi) is 17.1. The summed E-state index contributed by atoms with van der Waals surface area (Å²) in [6, 6.07) is 8.49. The molecule has 0 fully saturated rings. The minimum Gasteiger partial charge on any atom is -0.263 e. The third-order valence-electron chi connectivity index (χ3n) is 4.80. The Morgan fingerprint density at radius 1 is 0.741 bits per heavy atom. The normalized spacial score (nSPS) is 12.5. The van der Waals surface area contributed by atoms with Gasteiger partial charge >= 0.3 is 0 Å². The van der Waals surface area contributed by atoms with Crippen LogP contribution >= 0.6 is 0 Å². The molecule has 0 saturated heterocycles. The molecule has 1 unspecified atom stereocenters. The predicted molar refractivity (Wildman–Crippen MR) is 116 cm³/mol. The van der Waals surface area contributed by atoms with E-state index in [0.29, 0.717) is 0 Å². The summed E-state index contributed by atoms with van der Waals surface area (Å²) >= 11 is 0. The first kappa shape index (κ1) is 27.1. The monoisotopic (exact) mass is 405 g/mol. The summed E-state index contributed by atoms with van der Waals surface area (Å²) in [5.41, 5.74) is 0. The van der Waals surface area contributed by atoms with Crippen molar-refractivity contribution in [1.82, 2.24) is 0 Å². The van der Waals surface area contributed by atoms with Gasteiger partial charge in [-0.05, 0) is 25.0 Å². The summed E-state index contributed by atoms with van der Waals surface area (Å²) in [6.07, 6.45) is 15.0. The summed E-state index contributed by atoms with van der Waals surface area (Å²) in [5, 5.41) is 0. The van der Waals surface area contributed by atoms with Crippen LogP contribution in [0.3, 0.4) is 0 Å². The maximum absolute atomic E-state index is 12.4. The van der Waals surface area contributed by atoms with E-state index in [1.165, 1.54) is 51.4 Å². The van der Waals surface area contributed by atoms with Crippen LogP contribution in [-0.4, -0.2) is 44.1 Å². The van der Waals surface area contributed by atoms with E-state index < -0.39 is 10.1 Å². The Morgan fingerprint density at radius 2 is 1.22 bits per heavy atom. The van der Waals surface area contributed by atoms with E-state index in [4.69, 9.17) is 4.18 Å². The van der Waals surface area contributed by atoms with E-state index in [2.05, 4.69) is 13.8 Å². The van der Waals surface area contributed by atoms with Crippen molar-refractivity contribution in [2.24, 2.45) is 0 Å². The van der Waals surface area contributed by atoms with E-state index in [9.17, 15) is 8.42 Å². The Hall–Kier alpha value is 0.130. The average Bonchev–Trinajstić information content (AvgIpc) is 2.65. The quantitative estimate of drug-likeness (QED) is 0.179. The number of hydrogen-bond donors (Lipinski definition) is 0. The van der Waals surface area contributed by atoms with Gasteiger partial charge in [0.15, 0.2) is 0 Å². The van der Waals surface area contributed by atoms with Gasteiger partial charge in [-0.3, -0.25) is 4.18 Å². The minimum absolute atomic E-state index is 0. The van der Waals surface area contributed by atoms with Crippen molar-refractivity contribution in [3.05, 3.63) is 30.3 Å². The molecule has 27 heavy (non-hydrogen) atoms. The van der Waals surface area contributed by atoms with Crippen molar-refractivity contribution in [2.45, 2.75) is 108 Å². The topological polar surface area (TPSA) is 43.4 Å². The third kappa shape index (κ3) is 13.1. The van der Waals surface area contributed by atoms with Gasteiger partial charge in [0, 0.05) is 29.6 Å². The molecule has 1 atom stereocenters. The van der Waals surface area contributed by atoms with Crippen molar-refractivity contribution in [3.63, 3.8) is 0 Å². The van der Waals surface area contributed by atoms with Crippen molar-refractivity contribution in [3.8, 4) is 0 Å². The Morgan fingerprint density at radius 3 is 1.78 bits per heavy atom. The van der Waals surface area contributed by atoms with Crippen LogP contribution in [0.5, 0.6) is 0 Å². The summed E-state index contributed by atoms with van der Waals surface area (Å²) in [4.78, 5) is 0.258. The molecular weight excluding hydrogens is 367 g/mol. The van der Waals surface area contributed by atoms with E-state index in [1.807, 2.05) is 6.07 Å². The average molecular weight is 406 g/mol. The Bertz CT molecular complexity index is 546. The molecule has 1 rings (SSSR count). The first-order valence-corrected chi connectivity index (χ1v) is 12.0. The maximum atomic E-state index is 12.4. The standard InChI is InChI=1S/C22H38O3S.Na/c1-3-5-7-8-9-10-11-12-14-18-21(17-6-4-2)25-26(23,24)22-19-15-13-16-20-22;/h13,15-16,19-21H,3-12,14,17-18H2,1-2H3;. The number of benzene rings is 1. The molecule has 5 heteroatoms. The molecular formula is C22H38NaO3S. The molecule has 1 aromatic rings. The molecule has 0 aliphatic carbocycles. The summed E-state index contributed by atoms with van der Waals surface area (Å²) in [7, 11) is -3.65. The summed E-state index contributed by atoms with van der Waals surface area (Å²) < 4.78 is 30.5. The number of unbranched alkanes of at least 4 members (excludes halogenated alkanes) is 9. The van der Waals surface area contributed by atoms with Crippen molar-refractivity contribution in [1.29, 1.82) is 0 Å². The van der Waals surface area contributed by atoms with Crippen LogP contribution in [0.25, 0.3) is 0 Å². The van der Waals surface area contributed by atoms with Crippen LogP contribution in [-0.2, 0) is 14.3 Å². The molecule has 151 valence electrons. The molecule has 0 amide bonds. The number of hydrogen-bond acceptors (Lipinski definition) is 3. The maximum Gasteiger partial charge on any atom is 0.297 e. The molecule has 0 heterocycles. The minimum atomic E-state index is -3.65. The van der Waals surface area contributed by atoms with Crippen LogP contribution in [0.2, 0.25) is 0 Å². The van der Waals surface area contributed by atoms with Gasteiger partial charge in [-0.2, -0.15) is 8.42 Å². The largest absolute Gasteiger partial charge is 0.297 e. The molecule has 0 bridgehead atoms. The second-order valence-electron chi connectivity index (χ2n) is 7.24. The van der Waals surface area contributed by atoms with Gasteiger partial charge in [0.05, 0.1) is 11.0 Å².